The fourth-order valence-corrected chi connectivity index (χ4v) is 1.94. The highest BCUT2D eigenvalue weighted by molar-refractivity contribution is 5.85. The van der Waals surface area contributed by atoms with E-state index in [0.717, 1.165) is 25.7 Å². The van der Waals surface area contributed by atoms with Crippen LogP contribution in [0, 0.1) is 5.92 Å². The van der Waals surface area contributed by atoms with Gasteiger partial charge in [-0.2, -0.15) is 0 Å². The van der Waals surface area contributed by atoms with E-state index in [1.807, 2.05) is 10.9 Å². The Bertz CT molecular complexity index is 274. The first-order chi connectivity index (χ1) is 9.04. The van der Waals surface area contributed by atoms with Crippen LogP contribution in [0.4, 0.5) is 0 Å². The first-order valence-corrected chi connectivity index (χ1v) is 6.73. The molecule has 7 heteroatoms. The van der Waals surface area contributed by atoms with E-state index in [1.165, 1.54) is 0 Å². The molecule has 0 fully saturated rings. The van der Waals surface area contributed by atoms with Crippen LogP contribution in [-0.4, -0.2) is 23.0 Å². The number of nitrogens with one attached hydrogen (secondary N) is 2. The van der Waals surface area contributed by atoms with Crippen molar-refractivity contribution in [1.82, 2.24) is 10.9 Å². The van der Waals surface area contributed by atoms with Crippen molar-refractivity contribution < 1.29 is 14.7 Å². The quantitative estimate of drug-likeness (QED) is 0.161. The molecule has 0 heterocycles. The van der Waals surface area contributed by atoms with Gasteiger partial charge in [0.1, 0.15) is 0 Å². The van der Waals surface area contributed by atoms with Crippen molar-refractivity contribution in [3.05, 3.63) is 0 Å². The molecule has 0 aromatic rings. The lowest BCUT2D eigenvalue weighted by Gasteiger charge is -2.18. The molecule has 7 N–H and O–H groups in total. The van der Waals surface area contributed by atoms with Crippen molar-refractivity contribution in [2.75, 3.05) is 0 Å². The number of amides is 2. The second kappa shape index (κ2) is 10.7. The van der Waals surface area contributed by atoms with Gasteiger partial charge in [0.2, 0.25) is 11.8 Å². The minimum absolute atomic E-state index is 0.0778. The van der Waals surface area contributed by atoms with Crippen LogP contribution in [0.3, 0.4) is 0 Å². The molecule has 0 aromatic heterocycles. The van der Waals surface area contributed by atoms with Crippen molar-refractivity contribution in [1.29, 1.82) is 0 Å². The maximum Gasteiger partial charge on any atom is 0.237 e. The smallest absolute Gasteiger partial charge is 0.237 e. The lowest BCUT2D eigenvalue weighted by atomic mass is 9.94. The van der Waals surface area contributed by atoms with Crippen LogP contribution in [0.25, 0.3) is 0 Å². The molecule has 0 aliphatic carbocycles. The Balaban J connectivity index is 4.15. The summed E-state index contributed by atoms with van der Waals surface area (Å²) in [5.41, 5.74) is 3.97. The van der Waals surface area contributed by atoms with E-state index < -0.39 is 23.8 Å². The summed E-state index contributed by atoms with van der Waals surface area (Å²) in [6.07, 6.45) is 4.39. The topological polar surface area (TPSA) is 130 Å². The summed E-state index contributed by atoms with van der Waals surface area (Å²) >= 11 is 0. The molecule has 112 valence electrons. The van der Waals surface area contributed by atoms with Crippen molar-refractivity contribution in [2.24, 2.45) is 17.6 Å². The van der Waals surface area contributed by atoms with Gasteiger partial charge in [-0.05, 0) is 12.8 Å². The van der Waals surface area contributed by atoms with Crippen molar-refractivity contribution >= 4 is 11.8 Å². The first-order valence-electron chi connectivity index (χ1n) is 6.73. The summed E-state index contributed by atoms with van der Waals surface area (Å²) < 4.78 is 0. The number of aliphatic hydroxyl groups excluding tert-OH is 1. The summed E-state index contributed by atoms with van der Waals surface area (Å²) in [7, 11) is 0. The number of hydrazine groups is 2. The molecule has 0 aromatic carbocycles. The van der Waals surface area contributed by atoms with Crippen LogP contribution in [-0.2, 0) is 9.59 Å². The third kappa shape index (κ3) is 8.52. The third-order valence-electron chi connectivity index (χ3n) is 3.05. The summed E-state index contributed by atoms with van der Waals surface area (Å²) in [5.74, 6) is 8.47. The number of hydrogen-bond acceptors (Lipinski definition) is 5. The van der Waals surface area contributed by atoms with Gasteiger partial charge in [0, 0.05) is 6.42 Å². The molecule has 0 spiro atoms. The molecule has 0 radical (unpaired) electrons. The van der Waals surface area contributed by atoms with Crippen LogP contribution in [0.2, 0.25) is 0 Å². The summed E-state index contributed by atoms with van der Waals surface area (Å²) in [5, 5.41) is 9.87. The Labute approximate surface area is 114 Å². The second-order valence-corrected chi connectivity index (χ2v) is 4.72. The Morgan fingerprint density at radius 3 is 2.37 bits per heavy atom. The maximum absolute atomic E-state index is 11.5. The van der Waals surface area contributed by atoms with Gasteiger partial charge in [-0.3, -0.25) is 20.4 Å². The van der Waals surface area contributed by atoms with E-state index in [0.29, 0.717) is 6.42 Å². The molecular formula is C12H26N4O3. The van der Waals surface area contributed by atoms with Gasteiger partial charge in [-0.1, -0.05) is 32.6 Å². The standard InChI is InChI=1S/C12H26N4O3/c1-2-3-4-5-6-10(17)7-9(12(19)16-14)8-11(18)15-13/h9-10,17H,2-8,13-14H2,1H3,(H,15,18)(H,16,19)/t9-,10+/m1/s1. The maximum atomic E-state index is 11.5. The summed E-state index contributed by atoms with van der Waals surface area (Å²) in [6, 6.07) is 0. The Kier molecular flexibility index (Phi) is 10.1. The van der Waals surface area contributed by atoms with Gasteiger partial charge >= 0.3 is 0 Å². The van der Waals surface area contributed by atoms with Crippen LogP contribution < -0.4 is 22.5 Å². The molecule has 0 bridgehead atoms. The fraction of sp³-hybridized carbons (Fsp3) is 0.833. The van der Waals surface area contributed by atoms with Gasteiger partial charge in [0.05, 0.1) is 12.0 Å². The molecule has 0 aliphatic rings. The highest BCUT2D eigenvalue weighted by Crippen LogP contribution is 2.16. The van der Waals surface area contributed by atoms with E-state index >= 15 is 0 Å². The predicted octanol–water partition coefficient (Wildman–Crippen LogP) is -0.306. The van der Waals surface area contributed by atoms with Gasteiger partial charge in [-0.25, -0.2) is 11.7 Å². The molecule has 0 rings (SSSR count). The third-order valence-corrected chi connectivity index (χ3v) is 3.05. The molecule has 7 nitrogen and oxygen atoms in total. The van der Waals surface area contributed by atoms with Crippen molar-refractivity contribution in [3.63, 3.8) is 0 Å². The monoisotopic (exact) mass is 274 g/mol. The number of unbranched alkanes of at least 4 members (excludes halogenated alkanes) is 3. The number of aliphatic hydroxyl groups is 1. The van der Waals surface area contributed by atoms with Crippen molar-refractivity contribution in [2.45, 2.75) is 58.0 Å². The Morgan fingerprint density at radius 2 is 1.84 bits per heavy atom. The average molecular weight is 274 g/mol. The molecule has 0 saturated carbocycles. The lowest BCUT2D eigenvalue weighted by Crippen LogP contribution is -2.41. The van der Waals surface area contributed by atoms with E-state index in [9.17, 15) is 14.7 Å². The molecule has 2 amide bonds. The van der Waals surface area contributed by atoms with Crippen LogP contribution >= 0.6 is 0 Å². The van der Waals surface area contributed by atoms with Gasteiger partial charge in [0.15, 0.2) is 0 Å². The number of hydrogen-bond donors (Lipinski definition) is 5. The second-order valence-electron chi connectivity index (χ2n) is 4.72. The zero-order valence-corrected chi connectivity index (χ0v) is 11.5. The minimum Gasteiger partial charge on any atom is -0.393 e. The largest absolute Gasteiger partial charge is 0.393 e. The van der Waals surface area contributed by atoms with E-state index in [1.54, 1.807) is 0 Å². The molecule has 0 aliphatic heterocycles. The van der Waals surface area contributed by atoms with Crippen LogP contribution in [0.5, 0.6) is 0 Å². The number of nitrogens with two attached hydrogens (primary N) is 2. The molecule has 19 heavy (non-hydrogen) atoms. The average Bonchev–Trinajstić information content (AvgIpc) is 2.41. The number of carbonyl (C=O) groups is 2. The van der Waals surface area contributed by atoms with Gasteiger partial charge < -0.3 is 5.11 Å². The number of carbonyl (C=O) groups excluding carboxylic acids is 2. The number of rotatable bonds is 10. The minimum atomic E-state index is -0.658. The highest BCUT2D eigenvalue weighted by Gasteiger charge is 2.23. The van der Waals surface area contributed by atoms with Gasteiger partial charge in [-0.15, -0.1) is 0 Å². The molecular weight excluding hydrogens is 248 g/mol. The zero-order chi connectivity index (χ0) is 14.7. The molecule has 0 saturated heterocycles. The van der Waals surface area contributed by atoms with E-state index in [-0.39, 0.29) is 12.8 Å². The van der Waals surface area contributed by atoms with E-state index in [2.05, 4.69) is 6.92 Å². The Hall–Kier alpha value is -1.18. The van der Waals surface area contributed by atoms with E-state index in [4.69, 9.17) is 11.7 Å². The van der Waals surface area contributed by atoms with Crippen LogP contribution in [0.1, 0.15) is 51.9 Å². The fourth-order valence-electron chi connectivity index (χ4n) is 1.94. The zero-order valence-electron chi connectivity index (χ0n) is 11.5. The Morgan fingerprint density at radius 1 is 1.16 bits per heavy atom. The first kappa shape index (κ1) is 17.8. The predicted molar refractivity (Wildman–Crippen MR) is 72.2 cm³/mol. The van der Waals surface area contributed by atoms with Crippen LogP contribution in [0.15, 0.2) is 0 Å². The van der Waals surface area contributed by atoms with Crippen molar-refractivity contribution in [3.8, 4) is 0 Å². The van der Waals surface area contributed by atoms with Gasteiger partial charge in [0.25, 0.3) is 0 Å². The molecule has 2 atom stereocenters. The lowest BCUT2D eigenvalue weighted by molar-refractivity contribution is -0.131. The summed E-state index contributed by atoms with van der Waals surface area (Å²) in [4.78, 5) is 22.7. The normalized spacial score (nSPS) is 13.7. The SMILES string of the molecule is CCCCCC[C@H](O)C[C@H](CC(=O)NN)C(=O)NN. The highest BCUT2D eigenvalue weighted by atomic mass is 16.3. The molecule has 0 unspecified atom stereocenters. The summed E-state index contributed by atoms with van der Waals surface area (Å²) in [6.45, 7) is 2.11.